The first-order chi connectivity index (χ1) is 10.1. The minimum atomic E-state index is -1.18. The average molecular weight is 299 g/mol. The second-order valence-electron chi connectivity index (χ2n) is 5.94. The van der Waals surface area contributed by atoms with E-state index >= 15 is 0 Å². The largest absolute Gasteiger partial charge is 0.480 e. The highest BCUT2D eigenvalue weighted by atomic mass is 16.5. The van der Waals surface area contributed by atoms with Crippen LogP contribution < -0.4 is 10.6 Å². The number of piperidine rings is 1. The number of urea groups is 1. The molecular formula is C14H25N3O4. The number of aliphatic carboxylic acids is 1. The fourth-order valence-electron chi connectivity index (χ4n) is 3.10. The predicted molar refractivity (Wildman–Crippen MR) is 77.2 cm³/mol. The van der Waals surface area contributed by atoms with Crippen LogP contribution in [0.5, 0.6) is 0 Å². The number of nitrogens with one attached hydrogen (secondary N) is 2. The molecule has 0 aromatic rings. The third-order valence-electron chi connectivity index (χ3n) is 4.40. The summed E-state index contributed by atoms with van der Waals surface area (Å²) < 4.78 is 5.21. The zero-order chi connectivity index (χ0) is 15.3. The van der Waals surface area contributed by atoms with Crippen LogP contribution >= 0.6 is 0 Å². The van der Waals surface area contributed by atoms with Crippen LogP contribution in [-0.4, -0.2) is 67.4 Å². The van der Waals surface area contributed by atoms with Gasteiger partial charge >= 0.3 is 12.0 Å². The number of hydrogen-bond donors (Lipinski definition) is 3. The molecule has 1 atom stereocenters. The highest BCUT2D eigenvalue weighted by Crippen LogP contribution is 2.23. The van der Waals surface area contributed by atoms with Crippen molar-refractivity contribution in [2.24, 2.45) is 5.92 Å². The van der Waals surface area contributed by atoms with E-state index in [1.54, 1.807) is 4.90 Å². The molecule has 0 saturated carbocycles. The van der Waals surface area contributed by atoms with Gasteiger partial charge in [0.1, 0.15) is 5.54 Å². The van der Waals surface area contributed by atoms with Crippen molar-refractivity contribution < 1.29 is 19.4 Å². The smallest absolute Gasteiger partial charge is 0.329 e. The van der Waals surface area contributed by atoms with Crippen LogP contribution in [0.15, 0.2) is 0 Å². The van der Waals surface area contributed by atoms with Crippen molar-refractivity contribution in [3.05, 3.63) is 0 Å². The van der Waals surface area contributed by atoms with Crippen molar-refractivity contribution >= 4 is 12.0 Å². The summed E-state index contributed by atoms with van der Waals surface area (Å²) >= 11 is 0. The predicted octanol–water partition coefficient (Wildman–Crippen LogP) is 0.261. The van der Waals surface area contributed by atoms with Crippen molar-refractivity contribution in [1.82, 2.24) is 15.5 Å². The topological polar surface area (TPSA) is 90.9 Å². The number of ether oxygens (including phenoxy) is 1. The van der Waals surface area contributed by atoms with Crippen molar-refractivity contribution in [1.29, 1.82) is 0 Å². The summed E-state index contributed by atoms with van der Waals surface area (Å²) in [6.07, 6.45) is 2.70. The van der Waals surface area contributed by atoms with E-state index < -0.39 is 11.5 Å². The minimum Gasteiger partial charge on any atom is -0.480 e. The maximum Gasteiger partial charge on any atom is 0.329 e. The fourth-order valence-corrected chi connectivity index (χ4v) is 3.10. The van der Waals surface area contributed by atoms with Crippen LogP contribution in [0.4, 0.5) is 4.79 Å². The van der Waals surface area contributed by atoms with Gasteiger partial charge in [0.05, 0.1) is 0 Å². The molecule has 0 aliphatic carbocycles. The molecule has 2 saturated heterocycles. The van der Waals surface area contributed by atoms with Gasteiger partial charge in [0.15, 0.2) is 0 Å². The number of rotatable bonds is 4. The van der Waals surface area contributed by atoms with E-state index in [1.165, 1.54) is 0 Å². The standard InChI is InChI=1S/C14H25N3O4/c1-15-9-11-3-2-6-17(10-11)13(20)16-14(12(18)19)4-7-21-8-5-14/h11,15H,2-10H2,1H3,(H,16,20)(H,18,19). The van der Waals surface area contributed by atoms with Gasteiger partial charge in [0.2, 0.25) is 0 Å². The Labute approximate surface area is 125 Å². The van der Waals surface area contributed by atoms with E-state index in [4.69, 9.17) is 4.74 Å². The summed E-state index contributed by atoms with van der Waals surface area (Å²) in [5, 5.41) is 15.4. The Morgan fingerprint density at radius 3 is 2.71 bits per heavy atom. The van der Waals surface area contributed by atoms with E-state index in [2.05, 4.69) is 10.6 Å². The van der Waals surface area contributed by atoms with Crippen molar-refractivity contribution in [2.75, 3.05) is 39.9 Å². The second kappa shape index (κ2) is 7.09. The van der Waals surface area contributed by atoms with Gasteiger partial charge in [-0.25, -0.2) is 9.59 Å². The molecule has 0 bridgehead atoms. The molecule has 0 aromatic carbocycles. The SMILES string of the molecule is CNCC1CCCN(C(=O)NC2(C(=O)O)CCOCC2)C1. The quantitative estimate of drug-likeness (QED) is 0.693. The number of likely N-dealkylation sites (tertiary alicyclic amines) is 1. The number of hydrogen-bond acceptors (Lipinski definition) is 4. The molecule has 3 N–H and O–H groups in total. The monoisotopic (exact) mass is 299 g/mol. The molecule has 7 heteroatoms. The molecule has 120 valence electrons. The highest BCUT2D eigenvalue weighted by Gasteiger charge is 2.42. The molecule has 0 aromatic heterocycles. The zero-order valence-corrected chi connectivity index (χ0v) is 12.6. The van der Waals surface area contributed by atoms with E-state index in [0.29, 0.717) is 45.1 Å². The molecule has 1 unspecified atom stereocenters. The molecular weight excluding hydrogens is 274 g/mol. The van der Waals surface area contributed by atoms with Gasteiger partial charge in [-0.2, -0.15) is 0 Å². The summed E-state index contributed by atoms with van der Waals surface area (Å²) in [4.78, 5) is 25.7. The first-order valence-electron chi connectivity index (χ1n) is 7.60. The molecule has 2 fully saturated rings. The molecule has 0 spiro atoms. The number of amides is 2. The van der Waals surface area contributed by atoms with E-state index in [1.807, 2.05) is 7.05 Å². The number of carboxylic acids is 1. The van der Waals surface area contributed by atoms with Crippen LogP contribution in [0.1, 0.15) is 25.7 Å². The number of carbonyl (C=O) groups is 2. The molecule has 2 rings (SSSR count). The zero-order valence-electron chi connectivity index (χ0n) is 12.6. The number of carboxylic acid groups (broad SMARTS) is 1. The molecule has 0 radical (unpaired) electrons. The third kappa shape index (κ3) is 3.85. The maximum absolute atomic E-state index is 12.4. The van der Waals surface area contributed by atoms with Gasteiger partial charge in [-0.1, -0.05) is 0 Å². The van der Waals surface area contributed by atoms with Gasteiger partial charge in [-0.05, 0) is 32.4 Å². The lowest BCUT2D eigenvalue weighted by molar-refractivity contribution is -0.148. The summed E-state index contributed by atoms with van der Waals surface area (Å²) in [5.74, 6) is -0.534. The first-order valence-corrected chi connectivity index (χ1v) is 7.60. The summed E-state index contributed by atoms with van der Waals surface area (Å²) in [6, 6.07) is -0.264. The summed E-state index contributed by atoms with van der Waals surface area (Å²) in [5.41, 5.74) is -1.18. The average Bonchev–Trinajstić information content (AvgIpc) is 2.48. The third-order valence-corrected chi connectivity index (χ3v) is 4.40. The highest BCUT2D eigenvalue weighted by molar-refractivity contribution is 5.86. The Bertz CT molecular complexity index is 380. The Kier molecular flexibility index (Phi) is 5.41. The second-order valence-corrected chi connectivity index (χ2v) is 5.94. The van der Waals surface area contributed by atoms with Crippen LogP contribution in [0.25, 0.3) is 0 Å². The molecule has 2 aliphatic rings. The van der Waals surface area contributed by atoms with Gasteiger partial charge in [-0.15, -0.1) is 0 Å². The van der Waals surface area contributed by atoms with E-state index in [9.17, 15) is 14.7 Å². The Morgan fingerprint density at radius 2 is 2.10 bits per heavy atom. The lowest BCUT2D eigenvalue weighted by atomic mass is 9.90. The van der Waals surface area contributed by atoms with E-state index in [-0.39, 0.29) is 6.03 Å². The van der Waals surface area contributed by atoms with Crippen LogP contribution in [0, 0.1) is 5.92 Å². The molecule has 2 aliphatic heterocycles. The van der Waals surface area contributed by atoms with Gasteiger partial charge in [0.25, 0.3) is 0 Å². The fraction of sp³-hybridized carbons (Fsp3) is 0.857. The summed E-state index contributed by atoms with van der Waals surface area (Å²) in [7, 11) is 1.90. The summed E-state index contributed by atoms with van der Waals surface area (Å²) in [6.45, 7) is 2.99. The van der Waals surface area contributed by atoms with Gasteiger partial charge in [0, 0.05) is 39.1 Å². The molecule has 21 heavy (non-hydrogen) atoms. The van der Waals surface area contributed by atoms with E-state index in [0.717, 1.165) is 19.4 Å². The molecule has 2 heterocycles. The van der Waals surface area contributed by atoms with Gasteiger partial charge in [-0.3, -0.25) is 0 Å². The lowest BCUT2D eigenvalue weighted by Crippen LogP contribution is -2.61. The molecule has 2 amide bonds. The van der Waals surface area contributed by atoms with Crippen molar-refractivity contribution in [3.8, 4) is 0 Å². The number of carbonyl (C=O) groups excluding carboxylic acids is 1. The van der Waals surface area contributed by atoms with Crippen LogP contribution in [0.2, 0.25) is 0 Å². The Morgan fingerprint density at radius 1 is 1.38 bits per heavy atom. The lowest BCUT2D eigenvalue weighted by Gasteiger charge is -2.38. The van der Waals surface area contributed by atoms with Gasteiger partial charge < -0.3 is 25.4 Å². The van der Waals surface area contributed by atoms with Crippen molar-refractivity contribution in [2.45, 2.75) is 31.2 Å². The van der Waals surface area contributed by atoms with Crippen LogP contribution in [-0.2, 0) is 9.53 Å². The first kappa shape index (κ1) is 16.0. The Balaban J connectivity index is 1.97. The molecule has 7 nitrogen and oxygen atoms in total. The van der Waals surface area contributed by atoms with Crippen molar-refractivity contribution in [3.63, 3.8) is 0 Å². The maximum atomic E-state index is 12.4. The number of nitrogens with zero attached hydrogens (tertiary/aromatic N) is 1. The normalized spacial score (nSPS) is 25.4. The Hall–Kier alpha value is -1.34. The minimum absolute atomic E-state index is 0.264. The van der Waals surface area contributed by atoms with Crippen LogP contribution in [0.3, 0.4) is 0 Å².